The van der Waals surface area contributed by atoms with Gasteiger partial charge in [-0.15, -0.1) is 5.10 Å². The summed E-state index contributed by atoms with van der Waals surface area (Å²) in [6.45, 7) is 3.57. The highest BCUT2D eigenvalue weighted by atomic mass is 35.5. The van der Waals surface area contributed by atoms with Gasteiger partial charge in [0.25, 0.3) is 0 Å². The number of halogens is 2. The molecule has 0 bridgehead atoms. The molecule has 0 atom stereocenters. The van der Waals surface area contributed by atoms with Crippen molar-refractivity contribution >= 4 is 17.6 Å². The second-order valence-corrected chi connectivity index (χ2v) is 4.73. The molecular weight excluding hydrogens is 273 g/mol. The van der Waals surface area contributed by atoms with Crippen LogP contribution in [0.5, 0.6) is 0 Å². The number of carboxylic acids is 1. The third-order valence-electron chi connectivity index (χ3n) is 2.59. The van der Waals surface area contributed by atoms with Gasteiger partial charge in [-0.1, -0.05) is 30.7 Å². The molecule has 7 heteroatoms. The van der Waals surface area contributed by atoms with Crippen molar-refractivity contribution in [2.24, 2.45) is 0 Å². The maximum atomic E-state index is 13.9. The van der Waals surface area contributed by atoms with Crippen LogP contribution in [0.25, 0.3) is 5.69 Å². The van der Waals surface area contributed by atoms with Crippen LogP contribution in [0.4, 0.5) is 4.39 Å². The molecule has 1 heterocycles. The zero-order chi connectivity index (χ0) is 14.2. The molecule has 0 aliphatic carbocycles. The number of nitrogens with zero attached hydrogens (tertiary/aromatic N) is 3. The van der Waals surface area contributed by atoms with E-state index >= 15 is 0 Å². The molecule has 0 radical (unpaired) electrons. The molecule has 0 saturated carbocycles. The fourth-order valence-electron chi connectivity index (χ4n) is 1.79. The lowest BCUT2D eigenvalue weighted by Crippen LogP contribution is -2.09. The van der Waals surface area contributed by atoms with Crippen molar-refractivity contribution in [3.8, 4) is 5.69 Å². The van der Waals surface area contributed by atoms with E-state index in [1.54, 1.807) is 13.8 Å². The topological polar surface area (TPSA) is 68.0 Å². The van der Waals surface area contributed by atoms with E-state index in [1.807, 2.05) is 0 Å². The number of aromatic nitrogens is 3. The van der Waals surface area contributed by atoms with Gasteiger partial charge >= 0.3 is 5.97 Å². The van der Waals surface area contributed by atoms with Gasteiger partial charge in [-0.05, 0) is 24.1 Å². The first kappa shape index (κ1) is 13.5. The van der Waals surface area contributed by atoms with Crippen LogP contribution in [0.3, 0.4) is 0 Å². The van der Waals surface area contributed by atoms with Crippen LogP contribution in [0.2, 0.25) is 5.02 Å². The SMILES string of the molecule is CC(C)c1c(C(=O)O)nnn1-c1ccc(Cl)cc1F. The monoisotopic (exact) mass is 283 g/mol. The van der Waals surface area contributed by atoms with E-state index < -0.39 is 11.8 Å². The zero-order valence-corrected chi connectivity index (χ0v) is 11.0. The number of aromatic carboxylic acids is 1. The minimum atomic E-state index is -1.19. The molecule has 0 spiro atoms. The Morgan fingerprint density at radius 3 is 2.68 bits per heavy atom. The third-order valence-corrected chi connectivity index (χ3v) is 2.83. The first-order valence-corrected chi connectivity index (χ1v) is 5.94. The van der Waals surface area contributed by atoms with Gasteiger partial charge in [0.1, 0.15) is 11.5 Å². The number of carbonyl (C=O) groups is 1. The van der Waals surface area contributed by atoms with Crippen molar-refractivity contribution in [1.29, 1.82) is 0 Å². The lowest BCUT2D eigenvalue weighted by atomic mass is 10.1. The van der Waals surface area contributed by atoms with Crippen molar-refractivity contribution in [3.63, 3.8) is 0 Å². The van der Waals surface area contributed by atoms with Gasteiger partial charge in [0.15, 0.2) is 5.69 Å². The van der Waals surface area contributed by atoms with Gasteiger partial charge < -0.3 is 5.11 Å². The second kappa shape index (κ2) is 4.97. The minimum Gasteiger partial charge on any atom is -0.476 e. The first-order chi connectivity index (χ1) is 8.91. The van der Waals surface area contributed by atoms with Crippen LogP contribution in [-0.2, 0) is 0 Å². The summed E-state index contributed by atoms with van der Waals surface area (Å²) in [4.78, 5) is 11.1. The molecule has 0 saturated heterocycles. The van der Waals surface area contributed by atoms with Gasteiger partial charge in [0.05, 0.1) is 5.69 Å². The van der Waals surface area contributed by atoms with Crippen molar-refractivity contribution < 1.29 is 14.3 Å². The minimum absolute atomic E-state index is 0.119. The Morgan fingerprint density at radius 1 is 1.47 bits per heavy atom. The van der Waals surface area contributed by atoms with E-state index in [-0.39, 0.29) is 22.3 Å². The highest BCUT2D eigenvalue weighted by molar-refractivity contribution is 6.30. The van der Waals surface area contributed by atoms with E-state index in [2.05, 4.69) is 10.3 Å². The largest absolute Gasteiger partial charge is 0.476 e. The fraction of sp³-hybridized carbons (Fsp3) is 0.250. The van der Waals surface area contributed by atoms with Gasteiger partial charge in [-0.2, -0.15) is 0 Å². The molecule has 0 amide bonds. The Labute approximate surface area is 113 Å². The molecule has 0 fully saturated rings. The van der Waals surface area contributed by atoms with Crippen LogP contribution in [0, 0.1) is 5.82 Å². The summed E-state index contributed by atoms with van der Waals surface area (Å²) >= 11 is 5.68. The highest BCUT2D eigenvalue weighted by Crippen LogP contribution is 2.24. The lowest BCUT2D eigenvalue weighted by molar-refractivity contribution is 0.0688. The Kier molecular flexibility index (Phi) is 3.53. The molecule has 19 heavy (non-hydrogen) atoms. The maximum Gasteiger partial charge on any atom is 0.358 e. The summed E-state index contributed by atoms with van der Waals surface area (Å²) in [5, 5.41) is 16.6. The van der Waals surface area contributed by atoms with Crippen LogP contribution in [0.15, 0.2) is 18.2 Å². The molecule has 5 nitrogen and oxygen atoms in total. The summed E-state index contributed by atoms with van der Waals surface area (Å²) in [7, 11) is 0. The summed E-state index contributed by atoms with van der Waals surface area (Å²) in [5.41, 5.74) is 0.283. The smallest absolute Gasteiger partial charge is 0.358 e. The lowest BCUT2D eigenvalue weighted by Gasteiger charge is -2.10. The Hall–Kier alpha value is -1.95. The van der Waals surface area contributed by atoms with Crippen molar-refractivity contribution in [1.82, 2.24) is 15.0 Å². The van der Waals surface area contributed by atoms with E-state index in [0.29, 0.717) is 5.69 Å². The maximum absolute atomic E-state index is 13.9. The predicted molar refractivity (Wildman–Crippen MR) is 67.4 cm³/mol. The number of rotatable bonds is 3. The molecule has 0 aliphatic rings. The molecular formula is C12H11ClFN3O2. The standard InChI is InChI=1S/C12H11ClFN3O2/c1-6(2)11-10(12(18)19)15-16-17(11)9-4-3-7(13)5-8(9)14/h3-6H,1-2H3,(H,18,19). The highest BCUT2D eigenvalue weighted by Gasteiger charge is 2.23. The van der Waals surface area contributed by atoms with E-state index in [4.69, 9.17) is 16.7 Å². The summed E-state index contributed by atoms with van der Waals surface area (Å²) in [5.74, 6) is -1.95. The zero-order valence-electron chi connectivity index (χ0n) is 10.3. The Bertz CT molecular complexity index is 640. The number of hydrogen-bond donors (Lipinski definition) is 1. The van der Waals surface area contributed by atoms with Crippen molar-refractivity contribution in [2.75, 3.05) is 0 Å². The molecule has 0 aliphatic heterocycles. The van der Waals surface area contributed by atoms with Crippen molar-refractivity contribution in [3.05, 3.63) is 40.4 Å². The van der Waals surface area contributed by atoms with Gasteiger partial charge in [-0.25, -0.2) is 13.9 Å². The Morgan fingerprint density at radius 2 is 2.16 bits per heavy atom. The van der Waals surface area contributed by atoms with E-state index in [0.717, 1.165) is 6.07 Å². The second-order valence-electron chi connectivity index (χ2n) is 4.29. The molecule has 1 N–H and O–H groups in total. The average Bonchev–Trinajstić information content (AvgIpc) is 2.73. The Balaban J connectivity index is 2.65. The quantitative estimate of drug-likeness (QED) is 0.940. The van der Waals surface area contributed by atoms with Gasteiger partial charge in [0, 0.05) is 5.02 Å². The number of hydrogen-bond acceptors (Lipinski definition) is 3. The number of benzene rings is 1. The molecule has 1 aromatic carbocycles. The van der Waals surface area contributed by atoms with Gasteiger partial charge in [-0.3, -0.25) is 0 Å². The van der Waals surface area contributed by atoms with Gasteiger partial charge in [0.2, 0.25) is 0 Å². The molecule has 0 unspecified atom stereocenters. The van der Waals surface area contributed by atoms with Crippen LogP contribution in [0.1, 0.15) is 35.9 Å². The summed E-state index contributed by atoms with van der Waals surface area (Å²) in [6, 6.07) is 4.08. The number of carboxylic acid groups (broad SMARTS) is 1. The fourth-order valence-corrected chi connectivity index (χ4v) is 1.95. The van der Waals surface area contributed by atoms with Crippen molar-refractivity contribution in [2.45, 2.75) is 19.8 Å². The summed E-state index contributed by atoms with van der Waals surface area (Å²) < 4.78 is 15.1. The van der Waals surface area contributed by atoms with E-state index in [9.17, 15) is 9.18 Å². The molecule has 2 rings (SSSR count). The molecule has 100 valence electrons. The molecule has 2 aromatic rings. The predicted octanol–water partition coefficient (Wildman–Crippen LogP) is 2.88. The van der Waals surface area contributed by atoms with Crippen LogP contribution >= 0.6 is 11.6 Å². The summed E-state index contributed by atoms with van der Waals surface area (Å²) in [6.07, 6.45) is 0. The average molecular weight is 284 g/mol. The normalized spacial score (nSPS) is 11.0. The first-order valence-electron chi connectivity index (χ1n) is 5.56. The third kappa shape index (κ3) is 2.44. The molecule has 1 aromatic heterocycles. The van der Waals surface area contributed by atoms with Crippen LogP contribution in [-0.4, -0.2) is 26.1 Å². The van der Waals surface area contributed by atoms with Crippen LogP contribution < -0.4 is 0 Å². The van der Waals surface area contributed by atoms with E-state index in [1.165, 1.54) is 16.8 Å².